The summed E-state index contributed by atoms with van der Waals surface area (Å²) in [7, 11) is 0. The Bertz CT molecular complexity index is 424. The molecule has 0 spiro atoms. The molecule has 2 heterocycles. The molecule has 3 nitrogen and oxygen atoms in total. The highest BCUT2D eigenvalue weighted by Gasteiger charge is 2.26. The molecule has 4 heteroatoms. The standard InChI is InChI=1S/C12H14ClN3/c13-12-6-5-11-10(15-12)7-14-8-16(11)9-3-1-2-4-9/h5-7,9H,1-4,8H2. The van der Waals surface area contributed by atoms with Crippen LogP contribution in [0.2, 0.25) is 5.15 Å². The van der Waals surface area contributed by atoms with E-state index in [1.807, 2.05) is 12.3 Å². The second-order valence-corrected chi connectivity index (χ2v) is 4.79. The number of hydrogen-bond acceptors (Lipinski definition) is 3. The molecule has 1 saturated carbocycles. The summed E-state index contributed by atoms with van der Waals surface area (Å²) in [6.07, 6.45) is 7.05. The fourth-order valence-electron chi connectivity index (χ4n) is 2.60. The van der Waals surface area contributed by atoms with Crippen molar-refractivity contribution in [1.82, 2.24) is 4.98 Å². The van der Waals surface area contributed by atoms with Gasteiger partial charge in [-0.2, -0.15) is 0 Å². The van der Waals surface area contributed by atoms with Gasteiger partial charge in [-0.3, -0.25) is 4.99 Å². The molecule has 1 aliphatic carbocycles. The van der Waals surface area contributed by atoms with E-state index < -0.39 is 0 Å². The Morgan fingerprint density at radius 2 is 2.06 bits per heavy atom. The molecule has 16 heavy (non-hydrogen) atoms. The van der Waals surface area contributed by atoms with Gasteiger partial charge in [0.15, 0.2) is 0 Å². The molecular formula is C12H14ClN3. The van der Waals surface area contributed by atoms with Crippen LogP contribution < -0.4 is 4.90 Å². The highest BCUT2D eigenvalue weighted by Crippen LogP contribution is 2.31. The van der Waals surface area contributed by atoms with Crippen LogP contribution in [0.4, 0.5) is 5.69 Å². The average molecular weight is 236 g/mol. The predicted molar refractivity (Wildman–Crippen MR) is 66.4 cm³/mol. The Labute approximate surface area is 100 Å². The van der Waals surface area contributed by atoms with Crippen molar-refractivity contribution in [2.24, 2.45) is 4.99 Å². The molecule has 0 radical (unpaired) electrons. The van der Waals surface area contributed by atoms with Gasteiger partial charge in [0.25, 0.3) is 0 Å². The SMILES string of the molecule is Clc1ccc2c(n1)C=NCN2C1CCCC1. The summed E-state index contributed by atoms with van der Waals surface area (Å²) in [5.41, 5.74) is 2.09. The average Bonchev–Trinajstić information content (AvgIpc) is 2.81. The van der Waals surface area contributed by atoms with Gasteiger partial charge in [0.05, 0.1) is 11.9 Å². The summed E-state index contributed by atoms with van der Waals surface area (Å²) in [6, 6.07) is 4.56. The minimum atomic E-state index is 0.540. The largest absolute Gasteiger partial charge is 0.347 e. The maximum atomic E-state index is 5.89. The van der Waals surface area contributed by atoms with Gasteiger partial charge in [0, 0.05) is 6.04 Å². The molecule has 1 aliphatic heterocycles. The van der Waals surface area contributed by atoms with Crippen LogP contribution in [-0.2, 0) is 0 Å². The van der Waals surface area contributed by atoms with Crippen molar-refractivity contribution in [2.45, 2.75) is 31.7 Å². The molecule has 0 amide bonds. The van der Waals surface area contributed by atoms with Gasteiger partial charge in [-0.15, -0.1) is 0 Å². The second kappa shape index (κ2) is 4.06. The van der Waals surface area contributed by atoms with Gasteiger partial charge in [-0.1, -0.05) is 24.4 Å². The summed E-state index contributed by atoms with van der Waals surface area (Å²) < 4.78 is 0. The highest BCUT2D eigenvalue weighted by atomic mass is 35.5. The zero-order valence-electron chi connectivity index (χ0n) is 9.06. The van der Waals surface area contributed by atoms with Crippen molar-refractivity contribution in [2.75, 3.05) is 11.6 Å². The van der Waals surface area contributed by atoms with Crippen molar-refractivity contribution in [3.05, 3.63) is 23.0 Å². The smallest absolute Gasteiger partial charge is 0.129 e. The molecule has 0 saturated heterocycles. The summed E-state index contributed by atoms with van der Waals surface area (Å²) >= 11 is 5.89. The first kappa shape index (κ1) is 10.1. The lowest BCUT2D eigenvalue weighted by molar-refractivity contribution is 0.609. The van der Waals surface area contributed by atoms with E-state index in [-0.39, 0.29) is 0 Å². The minimum Gasteiger partial charge on any atom is -0.347 e. The lowest BCUT2D eigenvalue weighted by Crippen LogP contribution is -2.36. The number of halogens is 1. The summed E-state index contributed by atoms with van der Waals surface area (Å²) in [4.78, 5) is 11.0. The molecule has 84 valence electrons. The number of nitrogens with zero attached hydrogens (tertiary/aromatic N) is 3. The van der Waals surface area contributed by atoms with Crippen molar-refractivity contribution in [1.29, 1.82) is 0 Å². The maximum absolute atomic E-state index is 5.89. The molecule has 0 bridgehead atoms. The summed E-state index contributed by atoms with van der Waals surface area (Å²) in [6.45, 7) is 0.765. The molecule has 0 atom stereocenters. The molecular weight excluding hydrogens is 222 g/mol. The lowest BCUT2D eigenvalue weighted by Gasteiger charge is -2.32. The maximum Gasteiger partial charge on any atom is 0.129 e. The quantitative estimate of drug-likeness (QED) is 0.701. The zero-order chi connectivity index (χ0) is 11.0. The van der Waals surface area contributed by atoms with Crippen LogP contribution in [0.15, 0.2) is 17.1 Å². The third kappa shape index (κ3) is 1.69. The number of pyridine rings is 1. The fourth-order valence-corrected chi connectivity index (χ4v) is 2.75. The number of aliphatic imine (C=N–C) groups is 1. The highest BCUT2D eigenvalue weighted by molar-refractivity contribution is 6.29. The topological polar surface area (TPSA) is 28.5 Å². The number of aromatic nitrogens is 1. The molecule has 3 rings (SSSR count). The second-order valence-electron chi connectivity index (χ2n) is 4.40. The third-order valence-electron chi connectivity index (χ3n) is 3.39. The van der Waals surface area contributed by atoms with E-state index in [0.717, 1.165) is 12.4 Å². The van der Waals surface area contributed by atoms with Gasteiger partial charge in [0.2, 0.25) is 0 Å². The molecule has 1 aromatic heterocycles. The van der Waals surface area contributed by atoms with Crippen molar-refractivity contribution in [3.8, 4) is 0 Å². The van der Waals surface area contributed by atoms with Gasteiger partial charge in [-0.25, -0.2) is 4.98 Å². The van der Waals surface area contributed by atoms with Crippen LogP contribution in [0, 0.1) is 0 Å². The summed E-state index contributed by atoms with van der Waals surface area (Å²) in [5.74, 6) is 0. The minimum absolute atomic E-state index is 0.540. The number of fused-ring (bicyclic) bond motifs is 1. The molecule has 0 N–H and O–H groups in total. The first-order chi connectivity index (χ1) is 7.84. The third-order valence-corrected chi connectivity index (χ3v) is 3.60. The predicted octanol–water partition coefficient (Wildman–Crippen LogP) is 2.87. The zero-order valence-corrected chi connectivity index (χ0v) is 9.82. The van der Waals surface area contributed by atoms with Gasteiger partial charge in [-0.05, 0) is 25.0 Å². The van der Waals surface area contributed by atoms with Crippen LogP contribution in [-0.4, -0.2) is 23.9 Å². The van der Waals surface area contributed by atoms with Gasteiger partial charge in [0.1, 0.15) is 17.5 Å². The van der Waals surface area contributed by atoms with Crippen LogP contribution in [0.1, 0.15) is 31.4 Å². The lowest BCUT2D eigenvalue weighted by atomic mass is 10.1. The molecule has 2 aliphatic rings. The van der Waals surface area contributed by atoms with Crippen LogP contribution in [0.5, 0.6) is 0 Å². The number of rotatable bonds is 1. The van der Waals surface area contributed by atoms with Crippen molar-refractivity contribution in [3.63, 3.8) is 0 Å². The molecule has 0 unspecified atom stereocenters. The first-order valence-electron chi connectivity index (χ1n) is 5.77. The van der Waals surface area contributed by atoms with E-state index in [1.165, 1.54) is 31.4 Å². The molecule has 1 aromatic rings. The normalized spacial score (nSPS) is 20.2. The fraction of sp³-hybridized carbons (Fsp3) is 0.500. The van der Waals surface area contributed by atoms with Gasteiger partial charge >= 0.3 is 0 Å². The Balaban J connectivity index is 1.96. The molecule has 1 fully saturated rings. The van der Waals surface area contributed by atoms with E-state index in [4.69, 9.17) is 11.6 Å². The van der Waals surface area contributed by atoms with E-state index in [1.54, 1.807) is 0 Å². The van der Waals surface area contributed by atoms with E-state index in [9.17, 15) is 0 Å². The number of hydrogen-bond donors (Lipinski definition) is 0. The van der Waals surface area contributed by atoms with Crippen molar-refractivity contribution >= 4 is 23.5 Å². The van der Waals surface area contributed by atoms with E-state index in [2.05, 4.69) is 20.9 Å². The van der Waals surface area contributed by atoms with E-state index >= 15 is 0 Å². The Morgan fingerprint density at radius 3 is 2.88 bits per heavy atom. The monoisotopic (exact) mass is 235 g/mol. The van der Waals surface area contributed by atoms with Crippen molar-refractivity contribution < 1.29 is 0 Å². The van der Waals surface area contributed by atoms with E-state index in [0.29, 0.717) is 11.2 Å². The first-order valence-corrected chi connectivity index (χ1v) is 6.15. The Kier molecular flexibility index (Phi) is 2.56. The van der Waals surface area contributed by atoms with Gasteiger partial charge < -0.3 is 4.90 Å². The van der Waals surface area contributed by atoms with Crippen LogP contribution in [0.3, 0.4) is 0 Å². The van der Waals surface area contributed by atoms with Crippen LogP contribution in [0.25, 0.3) is 0 Å². The van der Waals surface area contributed by atoms with Crippen LogP contribution >= 0.6 is 11.6 Å². The Hall–Kier alpha value is -1.09. The molecule has 0 aromatic carbocycles. The number of anilines is 1. The summed E-state index contributed by atoms with van der Waals surface area (Å²) in [5, 5.41) is 0.540. The Morgan fingerprint density at radius 1 is 1.25 bits per heavy atom.